The minimum absolute atomic E-state index is 0.00210. The maximum absolute atomic E-state index is 13.6. The van der Waals surface area contributed by atoms with Crippen molar-refractivity contribution < 1.29 is 13.6 Å². The van der Waals surface area contributed by atoms with Crippen LogP contribution in [-0.4, -0.2) is 35.0 Å². The van der Waals surface area contributed by atoms with Crippen molar-refractivity contribution in [3.8, 4) is 11.8 Å². The van der Waals surface area contributed by atoms with Crippen molar-refractivity contribution in [2.45, 2.75) is 24.9 Å². The second-order valence-electron chi connectivity index (χ2n) is 6.25. The number of amides is 2. The highest BCUT2D eigenvalue weighted by Gasteiger charge is 2.50. The molecule has 4 rings (SSSR count). The van der Waals surface area contributed by atoms with Gasteiger partial charge in [-0.15, -0.1) is 0 Å². The predicted octanol–water partition coefficient (Wildman–Crippen LogP) is 3.16. The average Bonchev–Trinajstić information content (AvgIpc) is 2.75. The Bertz CT molecular complexity index is 901. The lowest BCUT2D eigenvalue weighted by Gasteiger charge is -2.35. The first kappa shape index (κ1) is 15.6. The molecule has 1 aromatic heterocycles. The number of rotatable bonds is 1. The molecule has 2 unspecified atom stereocenters. The molecule has 2 aliphatic rings. The molecule has 2 fully saturated rings. The molecule has 2 atom stereocenters. The van der Waals surface area contributed by atoms with Crippen LogP contribution in [0.3, 0.4) is 0 Å². The molecule has 1 aliphatic carbocycles. The summed E-state index contributed by atoms with van der Waals surface area (Å²) in [6.45, 7) is 0. The zero-order valence-electron chi connectivity index (χ0n) is 13.5. The van der Waals surface area contributed by atoms with Crippen LogP contribution in [0.2, 0.25) is 0 Å². The zero-order valence-corrected chi connectivity index (χ0v) is 13.5. The van der Waals surface area contributed by atoms with E-state index in [0.717, 1.165) is 31.0 Å². The van der Waals surface area contributed by atoms with Gasteiger partial charge in [0.05, 0.1) is 17.6 Å². The third-order valence-electron chi connectivity index (χ3n) is 4.80. The molecule has 2 amide bonds. The molecule has 25 heavy (non-hydrogen) atoms. The van der Waals surface area contributed by atoms with Crippen molar-refractivity contribution >= 4 is 11.8 Å². The van der Waals surface area contributed by atoms with E-state index in [1.807, 2.05) is 7.05 Å². The van der Waals surface area contributed by atoms with E-state index in [2.05, 4.69) is 16.8 Å². The molecular weight excluding hydrogens is 324 g/mol. The largest absolute Gasteiger partial charge is 0.326 e. The van der Waals surface area contributed by atoms with Crippen LogP contribution in [0, 0.1) is 23.5 Å². The first-order chi connectivity index (χ1) is 12.0. The Morgan fingerprint density at radius 3 is 2.56 bits per heavy atom. The van der Waals surface area contributed by atoms with Crippen LogP contribution in [-0.2, 0) is 0 Å². The fraction of sp³-hybridized carbons (Fsp3) is 0.263. The van der Waals surface area contributed by atoms with Gasteiger partial charge < -0.3 is 4.90 Å². The molecule has 6 heteroatoms. The number of carbonyl (C=O) groups is 1. The van der Waals surface area contributed by atoms with Gasteiger partial charge in [-0.05, 0) is 43.2 Å². The third-order valence-corrected chi connectivity index (χ3v) is 4.80. The Kier molecular flexibility index (Phi) is 3.65. The Labute approximate surface area is 144 Å². The normalized spacial score (nSPS) is 21.5. The number of carbonyl (C=O) groups excluding carboxylic acids is 1. The van der Waals surface area contributed by atoms with Gasteiger partial charge in [0.2, 0.25) is 0 Å². The summed E-state index contributed by atoms with van der Waals surface area (Å²) >= 11 is 0. The summed E-state index contributed by atoms with van der Waals surface area (Å²) in [5.41, 5.74) is 0.565. The fourth-order valence-corrected chi connectivity index (χ4v) is 3.27. The molecule has 0 bridgehead atoms. The number of aromatic nitrogens is 1. The fourth-order valence-electron chi connectivity index (χ4n) is 3.27. The van der Waals surface area contributed by atoms with Crippen molar-refractivity contribution in [2.75, 3.05) is 11.9 Å². The third kappa shape index (κ3) is 2.62. The van der Waals surface area contributed by atoms with E-state index in [9.17, 15) is 13.6 Å². The van der Waals surface area contributed by atoms with Gasteiger partial charge in [-0.1, -0.05) is 11.8 Å². The second-order valence-corrected chi connectivity index (χ2v) is 6.25. The number of fused-ring (bicyclic) bond motifs is 1. The number of nitrogens with zero attached hydrogens (tertiary/aromatic N) is 3. The molecule has 1 aromatic carbocycles. The van der Waals surface area contributed by atoms with Gasteiger partial charge in [-0.3, -0.25) is 4.90 Å². The lowest BCUT2D eigenvalue weighted by Crippen LogP contribution is -2.45. The minimum Gasteiger partial charge on any atom is -0.322 e. The second kappa shape index (κ2) is 5.85. The standard InChI is InChI=1S/C19H15F2N3O/c1-23-16-7-8-17(16)24(19(23)25)18-9-3-12(11-22-18)2-4-13-10-14(20)5-6-15(13)21/h3,5-6,9-11,16-17H,7-8H2,1H3. The molecule has 2 heterocycles. The van der Waals surface area contributed by atoms with Gasteiger partial charge in [0.25, 0.3) is 0 Å². The molecule has 1 saturated heterocycles. The van der Waals surface area contributed by atoms with Crippen LogP contribution in [0.5, 0.6) is 0 Å². The number of anilines is 1. The van der Waals surface area contributed by atoms with E-state index in [1.165, 1.54) is 0 Å². The number of pyridine rings is 1. The lowest BCUT2D eigenvalue weighted by atomic mass is 9.86. The molecular formula is C19H15F2N3O. The summed E-state index contributed by atoms with van der Waals surface area (Å²) in [6.07, 6.45) is 3.54. The molecule has 2 aromatic rings. The minimum atomic E-state index is -0.569. The van der Waals surface area contributed by atoms with E-state index in [4.69, 9.17) is 0 Å². The van der Waals surface area contributed by atoms with Crippen molar-refractivity contribution in [2.24, 2.45) is 0 Å². The first-order valence-electron chi connectivity index (χ1n) is 8.04. The van der Waals surface area contributed by atoms with Crippen LogP contribution in [0.4, 0.5) is 19.4 Å². The number of urea groups is 1. The highest BCUT2D eigenvalue weighted by atomic mass is 19.1. The van der Waals surface area contributed by atoms with E-state index in [1.54, 1.807) is 28.1 Å². The maximum atomic E-state index is 13.6. The summed E-state index contributed by atoms with van der Waals surface area (Å²) in [7, 11) is 1.81. The molecule has 4 nitrogen and oxygen atoms in total. The Morgan fingerprint density at radius 1 is 1.12 bits per heavy atom. The topological polar surface area (TPSA) is 36.4 Å². The molecule has 0 radical (unpaired) electrons. The van der Waals surface area contributed by atoms with Gasteiger partial charge in [0.1, 0.15) is 17.5 Å². The van der Waals surface area contributed by atoms with Crippen molar-refractivity contribution in [3.05, 3.63) is 59.3 Å². The summed E-state index contributed by atoms with van der Waals surface area (Å²) in [6, 6.07) is 7.03. The van der Waals surface area contributed by atoms with Gasteiger partial charge in [-0.2, -0.15) is 0 Å². The quantitative estimate of drug-likeness (QED) is 0.749. The summed E-state index contributed by atoms with van der Waals surface area (Å²) < 4.78 is 26.7. The van der Waals surface area contributed by atoms with Gasteiger partial charge >= 0.3 is 6.03 Å². The SMILES string of the molecule is CN1C(=O)N(c2ccc(C#Cc3cc(F)ccc3F)cn2)C2CCC21. The van der Waals surface area contributed by atoms with Crippen LogP contribution in [0.15, 0.2) is 36.5 Å². The molecule has 126 valence electrons. The Balaban J connectivity index is 1.56. The monoisotopic (exact) mass is 339 g/mol. The van der Waals surface area contributed by atoms with E-state index in [0.29, 0.717) is 11.4 Å². The first-order valence-corrected chi connectivity index (χ1v) is 8.04. The number of halogens is 2. The summed E-state index contributed by atoms with van der Waals surface area (Å²) in [5, 5.41) is 0. The van der Waals surface area contributed by atoms with Crippen LogP contribution >= 0.6 is 0 Å². The average molecular weight is 339 g/mol. The summed E-state index contributed by atoms with van der Waals surface area (Å²) in [5.74, 6) is 4.86. The molecule has 0 spiro atoms. The molecule has 1 saturated carbocycles. The van der Waals surface area contributed by atoms with Crippen molar-refractivity contribution in [3.63, 3.8) is 0 Å². The number of benzene rings is 1. The number of hydrogen-bond donors (Lipinski definition) is 0. The van der Waals surface area contributed by atoms with E-state index >= 15 is 0 Å². The highest BCUT2D eigenvalue weighted by Crippen LogP contribution is 2.38. The predicted molar refractivity (Wildman–Crippen MR) is 89.0 cm³/mol. The number of hydrogen-bond acceptors (Lipinski definition) is 2. The zero-order chi connectivity index (χ0) is 17.6. The van der Waals surface area contributed by atoms with Gasteiger partial charge in [0.15, 0.2) is 0 Å². The van der Waals surface area contributed by atoms with E-state index in [-0.39, 0.29) is 23.7 Å². The van der Waals surface area contributed by atoms with Crippen molar-refractivity contribution in [1.82, 2.24) is 9.88 Å². The van der Waals surface area contributed by atoms with E-state index < -0.39 is 11.6 Å². The Morgan fingerprint density at radius 2 is 1.92 bits per heavy atom. The number of likely N-dealkylation sites (N-methyl/N-ethyl adjacent to an activating group) is 1. The van der Waals surface area contributed by atoms with Crippen LogP contribution in [0.25, 0.3) is 0 Å². The van der Waals surface area contributed by atoms with Crippen LogP contribution < -0.4 is 4.90 Å². The Hall–Kier alpha value is -2.94. The van der Waals surface area contributed by atoms with Gasteiger partial charge in [-0.25, -0.2) is 18.6 Å². The molecule has 0 N–H and O–H groups in total. The summed E-state index contributed by atoms with van der Waals surface area (Å²) in [4.78, 5) is 20.1. The van der Waals surface area contributed by atoms with Crippen molar-refractivity contribution in [1.29, 1.82) is 0 Å². The maximum Gasteiger partial charge on any atom is 0.326 e. The molecule has 1 aliphatic heterocycles. The lowest BCUT2D eigenvalue weighted by molar-refractivity contribution is 0.196. The van der Waals surface area contributed by atoms with Gasteiger partial charge in [0, 0.05) is 18.8 Å². The van der Waals surface area contributed by atoms with Crippen LogP contribution in [0.1, 0.15) is 24.0 Å². The smallest absolute Gasteiger partial charge is 0.322 e. The highest BCUT2D eigenvalue weighted by molar-refractivity contribution is 5.95.